The van der Waals surface area contributed by atoms with Gasteiger partial charge < -0.3 is 14.1 Å². The van der Waals surface area contributed by atoms with Gasteiger partial charge in [0, 0.05) is 10.9 Å². The van der Waals surface area contributed by atoms with E-state index in [1.165, 1.54) is 5.56 Å². The highest BCUT2D eigenvalue weighted by Crippen LogP contribution is 2.31. The second-order valence-corrected chi connectivity index (χ2v) is 7.34. The number of aryl methyl sites for hydroxylation is 2. The first-order chi connectivity index (χ1) is 13.6. The lowest BCUT2D eigenvalue weighted by Gasteiger charge is -2.08. The van der Waals surface area contributed by atoms with Crippen LogP contribution in [0.5, 0.6) is 0 Å². The van der Waals surface area contributed by atoms with Crippen LogP contribution in [0.1, 0.15) is 17.0 Å². The Balaban J connectivity index is 1.72. The molecule has 0 aliphatic rings. The third-order valence-electron chi connectivity index (χ3n) is 5.10. The molecule has 0 saturated carbocycles. The van der Waals surface area contributed by atoms with Crippen molar-refractivity contribution in [3.63, 3.8) is 0 Å². The van der Waals surface area contributed by atoms with Crippen molar-refractivity contribution in [2.75, 3.05) is 0 Å². The number of aromatic amines is 1. The maximum absolute atomic E-state index is 5.60. The highest BCUT2D eigenvalue weighted by molar-refractivity contribution is 7.71. The van der Waals surface area contributed by atoms with E-state index in [4.69, 9.17) is 16.7 Å². The van der Waals surface area contributed by atoms with Crippen molar-refractivity contribution in [1.29, 1.82) is 0 Å². The van der Waals surface area contributed by atoms with Crippen LogP contribution in [0.3, 0.4) is 0 Å². The minimum Gasteiger partial charge on any atom is -0.361 e. The minimum atomic E-state index is 0.697. The molecule has 5 aromatic rings. The monoisotopic (exact) mass is 386 g/mol. The SMILES string of the molecule is Cc1noc(C)c1-c1ccc2c(c1)ncc1[nH]c(=S)n(Cc3ccccc3)c12. The van der Waals surface area contributed by atoms with Crippen molar-refractivity contribution in [3.05, 3.63) is 76.5 Å². The number of rotatable bonds is 3. The van der Waals surface area contributed by atoms with Crippen LogP contribution in [-0.2, 0) is 6.54 Å². The smallest absolute Gasteiger partial charge is 0.178 e. The molecule has 3 aromatic heterocycles. The van der Waals surface area contributed by atoms with E-state index in [1.807, 2.05) is 38.2 Å². The van der Waals surface area contributed by atoms with E-state index in [0.29, 0.717) is 11.3 Å². The van der Waals surface area contributed by atoms with E-state index >= 15 is 0 Å². The number of hydrogen-bond donors (Lipinski definition) is 1. The Morgan fingerprint density at radius 1 is 1.11 bits per heavy atom. The fraction of sp³-hybridized carbons (Fsp3) is 0.136. The summed E-state index contributed by atoms with van der Waals surface area (Å²) in [5, 5.41) is 5.13. The lowest BCUT2D eigenvalue weighted by atomic mass is 10.0. The summed E-state index contributed by atoms with van der Waals surface area (Å²) in [5.41, 5.74) is 7.10. The Kier molecular flexibility index (Phi) is 3.87. The molecule has 0 aliphatic carbocycles. The van der Waals surface area contributed by atoms with Crippen LogP contribution in [0.4, 0.5) is 0 Å². The van der Waals surface area contributed by atoms with Crippen molar-refractivity contribution in [2.45, 2.75) is 20.4 Å². The normalized spacial score (nSPS) is 11.5. The molecule has 2 aromatic carbocycles. The van der Waals surface area contributed by atoms with Crippen molar-refractivity contribution in [1.82, 2.24) is 19.7 Å². The average Bonchev–Trinajstić information content (AvgIpc) is 3.21. The number of benzene rings is 2. The van der Waals surface area contributed by atoms with Gasteiger partial charge in [-0.3, -0.25) is 4.98 Å². The van der Waals surface area contributed by atoms with Crippen LogP contribution < -0.4 is 0 Å². The molecule has 0 unspecified atom stereocenters. The zero-order valence-corrected chi connectivity index (χ0v) is 16.4. The second-order valence-electron chi connectivity index (χ2n) is 6.95. The van der Waals surface area contributed by atoms with Gasteiger partial charge in [0.1, 0.15) is 5.76 Å². The van der Waals surface area contributed by atoms with Gasteiger partial charge >= 0.3 is 0 Å². The third-order valence-corrected chi connectivity index (χ3v) is 5.43. The van der Waals surface area contributed by atoms with Gasteiger partial charge in [0.2, 0.25) is 0 Å². The summed E-state index contributed by atoms with van der Waals surface area (Å²) < 4.78 is 8.16. The first-order valence-corrected chi connectivity index (χ1v) is 9.51. The average molecular weight is 386 g/mol. The summed E-state index contributed by atoms with van der Waals surface area (Å²) in [4.78, 5) is 7.95. The number of fused-ring (bicyclic) bond motifs is 3. The Morgan fingerprint density at radius 2 is 1.93 bits per heavy atom. The van der Waals surface area contributed by atoms with Gasteiger partial charge in [-0.05, 0) is 43.3 Å². The Bertz CT molecular complexity index is 1360. The van der Waals surface area contributed by atoms with Crippen LogP contribution in [0.2, 0.25) is 0 Å². The zero-order valence-electron chi connectivity index (χ0n) is 15.6. The molecule has 0 saturated heterocycles. The molecule has 0 radical (unpaired) electrons. The number of hydrogen-bond acceptors (Lipinski definition) is 4. The standard InChI is InChI=1S/C22H18N4OS/c1-13-20(14(2)27-25-13)16-8-9-17-18(10-16)23-11-19-21(17)26(22(28)24-19)12-15-6-4-3-5-7-15/h3-11H,12H2,1-2H3,(H,24,28). The largest absolute Gasteiger partial charge is 0.361 e. The molecule has 0 spiro atoms. The fourth-order valence-electron chi connectivity index (χ4n) is 3.81. The minimum absolute atomic E-state index is 0.697. The molecular formula is C22H18N4OS. The van der Waals surface area contributed by atoms with Crippen LogP contribution in [0.25, 0.3) is 33.1 Å². The molecule has 5 nitrogen and oxygen atoms in total. The topological polar surface area (TPSA) is 59.6 Å². The Hall–Kier alpha value is -3.25. The summed E-state index contributed by atoms with van der Waals surface area (Å²) in [6.07, 6.45) is 1.85. The van der Waals surface area contributed by atoms with Crippen LogP contribution >= 0.6 is 12.2 Å². The van der Waals surface area contributed by atoms with Gasteiger partial charge in [-0.2, -0.15) is 0 Å². The first kappa shape index (κ1) is 16.9. The number of nitrogens with zero attached hydrogens (tertiary/aromatic N) is 3. The molecule has 0 fully saturated rings. The fourth-order valence-corrected chi connectivity index (χ4v) is 4.08. The first-order valence-electron chi connectivity index (χ1n) is 9.10. The maximum Gasteiger partial charge on any atom is 0.178 e. The van der Waals surface area contributed by atoms with Crippen LogP contribution in [-0.4, -0.2) is 19.7 Å². The van der Waals surface area contributed by atoms with E-state index in [9.17, 15) is 0 Å². The third kappa shape index (κ3) is 2.65. The molecule has 5 rings (SSSR count). The molecule has 0 aliphatic heterocycles. The van der Waals surface area contributed by atoms with Crippen molar-refractivity contribution in [3.8, 4) is 11.1 Å². The second kappa shape index (κ2) is 6.42. The van der Waals surface area contributed by atoms with Crippen molar-refractivity contribution < 1.29 is 4.52 Å². The van der Waals surface area contributed by atoms with E-state index < -0.39 is 0 Å². The van der Waals surface area contributed by atoms with E-state index in [1.54, 1.807) is 0 Å². The quantitative estimate of drug-likeness (QED) is 0.412. The van der Waals surface area contributed by atoms with Gasteiger partial charge in [-0.15, -0.1) is 0 Å². The van der Waals surface area contributed by atoms with Crippen molar-refractivity contribution in [2.24, 2.45) is 0 Å². The van der Waals surface area contributed by atoms with Crippen molar-refractivity contribution >= 4 is 34.2 Å². The zero-order chi connectivity index (χ0) is 19.3. The Labute approximate surface area is 166 Å². The summed E-state index contributed by atoms with van der Waals surface area (Å²) in [6, 6.07) is 16.6. The molecule has 0 amide bonds. The van der Waals surface area contributed by atoms with Gasteiger partial charge in [0.15, 0.2) is 4.77 Å². The predicted octanol–water partition coefficient (Wildman–Crippen LogP) is 5.57. The van der Waals surface area contributed by atoms with Crippen LogP contribution in [0, 0.1) is 18.6 Å². The van der Waals surface area contributed by atoms with E-state index in [0.717, 1.165) is 44.5 Å². The summed E-state index contributed by atoms with van der Waals surface area (Å²) in [5.74, 6) is 0.812. The number of imidazole rings is 1. The number of pyridine rings is 1. The maximum atomic E-state index is 5.60. The van der Waals surface area contributed by atoms with Gasteiger partial charge in [0.05, 0.1) is 35.0 Å². The summed E-state index contributed by atoms with van der Waals surface area (Å²) in [6.45, 7) is 4.60. The Morgan fingerprint density at radius 3 is 2.68 bits per heavy atom. The summed E-state index contributed by atoms with van der Waals surface area (Å²) >= 11 is 5.60. The van der Waals surface area contributed by atoms with Crippen LogP contribution in [0.15, 0.2) is 59.3 Å². The molecule has 1 N–H and O–H groups in total. The molecule has 28 heavy (non-hydrogen) atoms. The van der Waals surface area contributed by atoms with E-state index in [2.05, 4.69) is 50.0 Å². The van der Waals surface area contributed by atoms with Gasteiger partial charge in [-0.25, -0.2) is 0 Å². The number of H-pyrrole nitrogens is 1. The predicted molar refractivity (Wildman–Crippen MR) is 113 cm³/mol. The number of aromatic nitrogens is 4. The van der Waals surface area contributed by atoms with Gasteiger partial charge in [-0.1, -0.05) is 47.6 Å². The highest BCUT2D eigenvalue weighted by atomic mass is 32.1. The van der Waals surface area contributed by atoms with Gasteiger partial charge in [0.25, 0.3) is 0 Å². The molecule has 3 heterocycles. The lowest BCUT2D eigenvalue weighted by Crippen LogP contribution is -2.00. The molecular weight excluding hydrogens is 368 g/mol. The molecule has 6 heteroatoms. The van der Waals surface area contributed by atoms with E-state index in [-0.39, 0.29) is 0 Å². The molecule has 0 atom stereocenters. The molecule has 138 valence electrons. The number of nitrogens with one attached hydrogen (secondary N) is 1. The lowest BCUT2D eigenvalue weighted by molar-refractivity contribution is 0.393. The summed E-state index contributed by atoms with van der Waals surface area (Å²) in [7, 11) is 0. The molecule has 0 bridgehead atoms. The highest BCUT2D eigenvalue weighted by Gasteiger charge is 2.15.